The van der Waals surface area contributed by atoms with Gasteiger partial charge in [0, 0.05) is 23.7 Å². The summed E-state index contributed by atoms with van der Waals surface area (Å²) in [6.45, 7) is 22.5. The van der Waals surface area contributed by atoms with Gasteiger partial charge < -0.3 is 19.7 Å². The van der Waals surface area contributed by atoms with E-state index in [1.807, 2.05) is 0 Å². The zero-order valence-corrected chi connectivity index (χ0v) is 31.6. The van der Waals surface area contributed by atoms with Crippen LogP contribution in [0.2, 0.25) is 0 Å². The SMILES string of the molecule is C=C(C)[C@@H]1CC[C@]2(COC(=O)CCCC(=O)O)CC[C@]3(C)[C@H](CC[C@@H]4[C@@]5(C)CC[C@H](OC(=O)CC(C)(C)C(=O)O)C(C)(C)[C@@H]5CC[C@]43C)[C@@H]12. The van der Waals surface area contributed by atoms with E-state index in [0.717, 1.165) is 57.8 Å². The standard InChI is InChI=1S/C41H64O8/c1-25(2)26-15-20-41(24-48-32(44)12-10-11-31(42)43)22-21-39(8)27(34(26)41)13-14-29-38(7)18-17-30(49-33(45)23-36(3,4)35(46)47)37(5,6)28(38)16-19-40(29,39)9/h26-30,34H,1,10-24H2,2-9H3,(H,42,43)(H,46,47)/t26-,27+,28-,29+,30-,34+,38-,39+,40+,41+/m0/s1. The van der Waals surface area contributed by atoms with Gasteiger partial charge in [0.1, 0.15) is 6.10 Å². The van der Waals surface area contributed by atoms with Crippen molar-refractivity contribution in [1.82, 2.24) is 0 Å². The van der Waals surface area contributed by atoms with Gasteiger partial charge in [0.2, 0.25) is 0 Å². The summed E-state index contributed by atoms with van der Waals surface area (Å²) in [6.07, 6.45) is 10.7. The number of ether oxygens (including phenoxy) is 2. The Morgan fingerprint density at radius 1 is 0.796 bits per heavy atom. The molecule has 5 fully saturated rings. The normalized spacial score (nSPS) is 40.9. The molecule has 0 aromatic carbocycles. The molecule has 8 nitrogen and oxygen atoms in total. The Kier molecular flexibility index (Phi) is 10.0. The van der Waals surface area contributed by atoms with E-state index in [1.165, 1.54) is 12.0 Å². The minimum atomic E-state index is -1.16. The van der Waals surface area contributed by atoms with Crippen LogP contribution >= 0.6 is 0 Å². The highest BCUT2D eigenvalue weighted by Crippen LogP contribution is 2.77. The van der Waals surface area contributed by atoms with Crippen LogP contribution in [0.3, 0.4) is 0 Å². The molecular weight excluding hydrogens is 620 g/mol. The number of rotatable bonds is 11. The molecule has 276 valence electrons. The fourth-order valence-electron chi connectivity index (χ4n) is 13.0. The van der Waals surface area contributed by atoms with Gasteiger partial charge in [-0.05, 0) is 137 Å². The van der Waals surface area contributed by atoms with E-state index in [2.05, 4.69) is 48.1 Å². The maximum absolute atomic E-state index is 13.0. The summed E-state index contributed by atoms with van der Waals surface area (Å²) in [5, 5.41) is 18.6. The summed E-state index contributed by atoms with van der Waals surface area (Å²) >= 11 is 0. The number of hydrogen-bond donors (Lipinski definition) is 2. The van der Waals surface area contributed by atoms with Crippen LogP contribution in [0.15, 0.2) is 12.2 Å². The van der Waals surface area contributed by atoms with Crippen molar-refractivity contribution in [2.45, 2.75) is 151 Å². The molecule has 0 spiro atoms. The minimum absolute atomic E-state index is 0.0192. The molecule has 5 aliphatic rings. The molecule has 0 unspecified atom stereocenters. The number of carbonyl (C=O) groups is 4. The van der Waals surface area contributed by atoms with E-state index in [0.29, 0.717) is 42.6 Å². The third-order valence-corrected chi connectivity index (χ3v) is 15.9. The molecule has 2 N–H and O–H groups in total. The molecule has 0 heterocycles. The number of hydrogen-bond acceptors (Lipinski definition) is 6. The second kappa shape index (κ2) is 13.0. The number of carboxylic acid groups (broad SMARTS) is 2. The lowest BCUT2D eigenvalue weighted by molar-refractivity contribution is -0.252. The van der Waals surface area contributed by atoms with Crippen molar-refractivity contribution in [2.24, 2.45) is 62.1 Å². The monoisotopic (exact) mass is 684 g/mol. The number of esters is 2. The van der Waals surface area contributed by atoms with Crippen molar-refractivity contribution in [2.75, 3.05) is 6.61 Å². The van der Waals surface area contributed by atoms with E-state index in [1.54, 1.807) is 13.8 Å². The Balaban J connectivity index is 1.36. The van der Waals surface area contributed by atoms with E-state index in [9.17, 15) is 24.3 Å². The van der Waals surface area contributed by atoms with Gasteiger partial charge in [0.05, 0.1) is 18.4 Å². The highest BCUT2D eigenvalue weighted by Gasteiger charge is 2.71. The fraction of sp³-hybridized carbons (Fsp3) is 0.854. The average Bonchev–Trinajstić information content (AvgIpc) is 3.38. The third kappa shape index (κ3) is 6.27. The predicted octanol–water partition coefficient (Wildman–Crippen LogP) is 8.85. The van der Waals surface area contributed by atoms with E-state index < -0.39 is 23.3 Å². The molecule has 0 saturated heterocycles. The van der Waals surface area contributed by atoms with Gasteiger partial charge in [0.25, 0.3) is 0 Å². The molecule has 5 saturated carbocycles. The molecule has 5 aliphatic carbocycles. The van der Waals surface area contributed by atoms with E-state index >= 15 is 0 Å². The van der Waals surface area contributed by atoms with Gasteiger partial charge in [-0.3, -0.25) is 19.2 Å². The van der Waals surface area contributed by atoms with Crippen molar-refractivity contribution >= 4 is 23.9 Å². The first-order valence-electron chi connectivity index (χ1n) is 19.1. The van der Waals surface area contributed by atoms with Crippen molar-refractivity contribution < 1.29 is 38.9 Å². The van der Waals surface area contributed by atoms with Gasteiger partial charge in [-0.1, -0.05) is 46.8 Å². The number of carbonyl (C=O) groups excluding carboxylic acids is 2. The van der Waals surface area contributed by atoms with Gasteiger partial charge in [0.15, 0.2) is 0 Å². The summed E-state index contributed by atoms with van der Waals surface area (Å²) < 4.78 is 12.1. The van der Waals surface area contributed by atoms with Crippen LogP contribution in [-0.4, -0.2) is 46.8 Å². The zero-order chi connectivity index (χ0) is 36.4. The Morgan fingerprint density at radius 3 is 2.12 bits per heavy atom. The van der Waals surface area contributed by atoms with Crippen LogP contribution in [0, 0.1) is 62.1 Å². The van der Waals surface area contributed by atoms with Crippen molar-refractivity contribution in [3.05, 3.63) is 12.2 Å². The number of carboxylic acids is 2. The molecule has 10 atom stereocenters. The van der Waals surface area contributed by atoms with Gasteiger partial charge in [-0.15, -0.1) is 0 Å². The number of allylic oxidation sites excluding steroid dienone is 1. The number of aliphatic carboxylic acids is 2. The first kappa shape index (κ1) is 37.9. The summed E-state index contributed by atoms with van der Waals surface area (Å²) in [4.78, 5) is 48.5. The molecule has 0 aromatic rings. The molecule has 0 amide bonds. The summed E-state index contributed by atoms with van der Waals surface area (Å²) in [5.74, 6) is -0.278. The van der Waals surface area contributed by atoms with Crippen LogP contribution in [0.5, 0.6) is 0 Å². The second-order valence-electron chi connectivity index (χ2n) is 19.2. The largest absolute Gasteiger partial charge is 0.481 e. The maximum atomic E-state index is 13.0. The Labute approximate surface area is 294 Å². The second-order valence-corrected chi connectivity index (χ2v) is 19.2. The smallest absolute Gasteiger partial charge is 0.309 e. The molecule has 5 rings (SSSR count). The van der Waals surface area contributed by atoms with E-state index in [-0.39, 0.29) is 58.4 Å². The minimum Gasteiger partial charge on any atom is -0.481 e. The van der Waals surface area contributed by atoms with Gasteiger partial charge in [-0.2, -0.15) is 0 Å². The summed E-state index contributed by atoms with van der Waals surface area (Å²) in [5.41, 5.74) is 0.201. The van der Waals surface area contributed by atoms with Crippen LogP contribution in [-0.2, 0) is 28.7 Å². The molecular formula is C41H64O8. The quantitative estimate of drug-likeness (QED) is 0.163. The molecule has 0 bridgehead atoms. The lowest BCUT2D eigenvalue weighted by Gasteiger charge is -2.73. The van der Waals surface area contributed by atoms with Crippen molar-refractivity contribution in [3.63, 3.8) is 0 Å². The lowest BCUT2D eigenvalue weighted by atomic mass is 9.32. The van der Waals surface area contributed by atoms with Crippen LogP contribution in [0.25, 0.3) is 0 Å². The van der Waals surface area contributed by atoms with Crippen LogP contribution in [0.1, 0.15) is 145 Å². The number of fused-ring (bicyclic) bond motifs is 7. The van der Waals surface area contributed by atoms with Gasteiger partial charge in [-0.25, -0.2) is 0 Å². The Hall–Kier alpha value is -2.38. The molecule has 49 heavy (non-hydrogen) atoms. The topological polar surface area (TPSA) is 127 Å². The Bertz CT molecular complexity index is 1350. The first-order valence-corrected chi connectivity index (χ1v) is 19.1. The summed E-state index contributed by atoms with van der Waals surface area (Å²) in [7, 11) is 0. The molecule has 0 aliphatic heterocycles. The van der Waals surface area contributed by atoms with Crippen LogP contribution < -0.4 is 0 Å². The van der Waals surface area contributed by atoms with Gasteiger partial charge >= 0.3 is 23.9 Å². The predicted molar refractivity (Wildman–Crippen MR) is 187 cm³/mol. The third-order valence-electron chi connectivity index (χ3n) is 15.9. The maximum Gasteiger partial charge on any atom is 0.309 e. The first-order chi connectivity index (χ1) is 22.6. The van der Waals surface area contributed by atoms with Crippen molar-refractivity contribution in [1.29, 1.82) is 0 Å². The highest BCUT2D eigenvalue weighted by atomic mass is 16.5. The summed E-state index contributed by atoms with van der Waals surface area (Å²) in [6, 6.07) is 0. The zero-order valence-electron chi connectivity index (χ0n) is 31.6. The fourth-order valence-corrected chi connectivity index (χ4v) is 13.0. The molecule has 8 heteroatoms. The van der Waals surface area contributed by atoms with Crippen LogP contribution in [0.4, 0.5) is 0 Å². The van der Waals surface area contributed by atoms with Crippen molar-refractivity contribution in [3.8, 4) is 0 Å². The highest BCUT2D eigenvalue weighted by molar-refractivity contribution is 5.81. The Morgan fingerprint density at radius 2 is 1.49 bits per heavy atom. The molecule has 0 aromatic heterocycles. The average molecular weight is 685 g/mol. The van der Waals surface area contributed by atoms with E-state index in [4.69, 9.17) is 14.6 Å². The molecule has 0 radical (unpaired) electrons. The lowest BCUT2D eigenvalue weighted by Crippen LogP contribution is -2.67.